The first-order chi connectivity index (χ1) is 25.8. The molecule has 8 atom stereocenters. The lowest BCUT2D eigenvalue weighted by atomic mass is 9.87. The molecule has 0 bridgehead atoms. The van der Waals surface area contributed by atoms with E-state index in [2.05, 4.69) is 34.4 Å². The largest absolute Gasteiger partial charge is 0.481 e. The Balaban J connectivity index is 1.48. The Morgan fingerprint density at radius 2 is 1.70 bits per heavy atom. The lowest BCUT2D eigenvalue weighted by molar-refractivity contribution is -0.148. The second kappa shape index (κ2) is 19.6. The minimum Gasteiger partial charge on any atom is -0.479 e. The average molecular weight is 884 g/mol. The van der Waals surface area contributed by atoms with E-state index in [0.29, 0.717) is 11.8 Å². The molecule has 3 rings (SSSR count). The van der Waals surface area contributed by atoms with Crippen LogP contribution in [0.5, 0.6) is 0 Å². The van der Waals surface area contributed by atoms with Crippen molar-refractivity contribution in [2.45, 2.75) is 63.4 Å². The molecule has 1 aliphatic heterocycles. The lowest BCUT2D eigenvalue weighted by Crippen LogP contribution is -2.46. The van der Waals surface area contributed by atoms with Gasteiger partial charge >= 0.3 is 29.4 Å². The molecule has 316 valence electrons. The van der Waals surface area contributed by atoms with Crippen molar-refractivity contribution >= 4 is 75.1 Å². The first kappa shape index (κ1) is 47.4. The number of imidazole rings is 1. The van der Waals surface area contributed by atoms with Crippen molar-refractivity contribution in [1.29, 1.82) is 0 Å². The number of aliphatic carboxylic acids is 1. The number of carbonyl (C=O) groups excluding carboxylic acids is 3. The van der Waals surface area contributed by atoms with Crippen LogP contribution in [0.1, 0.15) is 32.9 Å². The van der Waals surface area contributed by atoms with E-state index in [-0.39, 0.29) is 42.2 Å². The van der Waals surface area contributed by atoms with E-state index in [4.69, 9.17) is 29.7 Å². The van der Waals surface area contributed by atoms with E-state index in [0.717, 1.165) is 17.2 Å². The number of rotatable bonds is 22. The highest BCUT2D eigenvalue weighted by Crippen LogP contribution is 2.61. The van der Waals surface area contributed by atoms with Crippen molar-refractivity contribution in [2.75, 3.05) is 37.8 Å². The van der Waals surface area contributed by atoms with Gasteiger partial charge in [-0.1, -0.05) is 25.6 Å². The molecular weight excluding hydrogens is 843 g/mol. The second-order valence-electron chi connectivity index (χ2n) is 12.3. The number of nitrogens with one attached hydrogen (secondary N) is 2. The van der Waals surface area contributed by atoms with Gasteiger partial charge in [0.15, 0.2) is 28.9 Å². The van der Waals surface area contributed by atoms with Crippen LogP contribution >= 0.6 is 35.2 Å². The Kier molecular flexibility index (Phi) is 16.6. The molecule has 56 heavy (non-hydrogen) atoms. The van der Waals surface area contributed by atoms with Gasteiger partial charge in [0.2, 0.25) is 11.8 Å². The number of fused-ring (bicyclic) bond motifs is 1. The van der Waals surface area contributed by atoms with Gasteiger partial charge in [-0.3, -0.25) is 32.5 Å². The summed E-state index contributed by atoms with van der Waals surface area (Å²) in [5.74, 6) is -3.15. The number of phosphoric ester groups is 3. The third-order valence-corrected chi connectivity index (χ3v) is 11.4. The van der Waals surface area contributed by atoms with Crippen LogP contribution < -0.4 is 16.4 Å². The maximum absolute atomic E-state index is 12.6. The zero-order chi connectivity index (χ0) is 42.2. The van der Waals surface area contributed by atoms with Crippen molar-refractivity contribution in [2.24, 2.45) is 5.41 Å². The van der Waals surface area contributed by atoms with E-state index in [1.54, 1.807) is 0 Å². The van der Waals surface area contributed by atoms with Crippen LogP contribution in [-0.4, -0.2) is 145 Å². The van der Waals surface area contributed by atoms with E-state index < -0.39 is 108 Å². The van der Waals surface area contributed by atoms with Gasteiger partial charge in [0.05, 0.1) is 26.0 Å². The number of nitrogen functional groups attached to an aromatic ring is 1. The molecule has 1 aliphatic rings. The normalized spacial score (nSPS) is 22.2. The van der Waals surface area contributed by atoms with E-state index in [9.17, 15) is 62.7 Å². The number of ether oxygens (including phenoxy) is 1. The Labute approximate surface area is 319 Å². The van der Waals surface area contributed by atoms with Gasteiger partial charge in [-0.15, -0.1) is 0 Å². The summed E-state index contributed by atoms with van der Waals surface area (Å²) in [4.78, 5) is 97.5. The van der Waals surface area contributed by atoms with Crippen LogP contribution in [-0.2, 0) is 55.5 Å². The molecule has 2 aromatic rings. The Bertz CT molecular complexity index is 1880. The molecule has 1 saturated heterocycles. The molecular formula is C25H40N7O20P3S. The van der Waals surface area contributed by atoms with Gasteiger partial charge in [-0.25, -0.2) is 33.4 Å². The molecule has 3 unspecified atom stereocenters. The molecule has 31 heteroatoms. The fraction of sp³-hybridized carbons (Fsp3) is 0.640. The standard InChI is InChI=1S/C25H40N7O20P3S/c1-25(2,19(37)22(38)28-4-3-14(34)27-5-6-56-15(35)7-12(33)24(39)40)9-49-55(46,47)52-54(44,45)48-8-13-18(51-53(41,42)43)17(36)23(50-13)32-11-31-16-20(26)29-10-30-21(16)32/h10-13,17-19,23,33,36-37H,3-9H2,1-2H3,(H,27,34)(H,28,38)(H,39,40)(H,44,45)(H,46,47)(H2,26,29,30)(H2,41,42,43)/t12?,13-,17-,18-,19+,23-/m1/s1. The highest BCUT2D eigenvalue weighted by molar-refractivity contribution is 8.13. The number of aliphatic hydroxyl groups excluding tert-OH is 3. The van der Waals surface area contributed by atoms with Crippen LogP contribution in [0.4, 0.5) is 5.82 Å². The molecule has 0 aliphatic carbocycles. The SMILES string of the molecule is CC(C)(COP(=O)(O)OP(=O)(O)OC[C@H]1O[C@@H](n2cnc3c(N)ncnc32)[C@H](O)[C@@H]1OP(=O)(O)O)[C@@H](O)C(=O)NCCC(=O)NCCSC(=O)CC(O)C(=O)O. The first-order valence-corrected chi connectivity index (χ1v) is 21.3. The highest BCUT2D eigenvalue weighted by Gasteiger charge is 2.50. The van der Waals surface area contributed by atoms with Crippen LogP contribution in [0, 0.1) is 5.41 Å². The van der Waals surface area contributed by atoms with Crippen LogP contribution in [0.15, 0.2) is 12.7 Å². The molecule has 27 nitrogen and oxygen atoms in total. The van der Waals surface area contributed by atoms with Crippen LogP contribution in [0.25, 0.3) is 11.2 Å². The van der Waals surface area contributed by atoms with E-state index >= 15 is 0 Å². The summed E-state index contributed by atoms with van der Waals surface area (Å²) in [6.45, 7) is 0.0347. The van der Waals surface area contributed by atoms with E-state index in [1.165, 1.54) is 13.8 Å². The third-order valence-electron chi connectivity index (χ3n) is 7.41. The fourth-order valence-electron chi connectivity index (χ4n) is 4.60. The Morgan fingerprint density at radius 1 is 1.04 bits per heavy atom. The predicted octanol–water partition coefficient (Wildman–Crippen LogP) is -2.50. The maximum atomic E-state index is 12.6. The van der Waals surface area contributed by atoms with Crippen molar-refractivity contribution in [1.82, 2.24) is 30.2 Å². The monoisotopic (exact) mass is 883 g/mol. The summed E-state index contributed by atoms with van der Waals surface area (Å²) in [6.07, 6.45) is -9.65. The first-order valence-electron chi connectivity index (χ1n) is 15.8. The summed E-state index contributed by atoms with van der Waals surface area (Å²) < 4.78 is 61.9. The molecule has 0 aromatic carbocycles. The van der Waals surface area contributed by atoms with Crippen LogP contribution in [0.2, 0.25) is 0 Å². The molecule has 0 spiro atoms. The van der Waals surface area contributed by atoms with Gasteiger partial charge in [-0.05, 0) is 0 Å². The predicted molar refractivity (Wildman–Crippen MR) is 185 cm³/mol. The number of anilines is 1. The highest BCUT2D eigenvalue weighted by atomic mass is 32.2. The number of aromatic nitrogens is 4. The number of nitrogens with two attached hydrogens (primary N) is 1. The average Bonchev–Trinajstić information content (AvgIpc) is 3.64. The summed E-state index contributed by atoms with van der Waals surface area (Å²) in [6, 6.07) is 0. The summed E-state index contributed by atoms with van der Waals surface area (Å²) in [7, 11) is -16.5. The fourth-order valence-corrected chi connectivity index (χ4v) is 8.14. The number of hydrogen-bond acceptors (Lipinski definition) is 20. The van der Waals surface area contributed by atoms with Gasteiger partial charge in [0.25, 0.3) is 0 Å². The zero-order valence-corrected chi connectivity index (χ0v) is 32.7. The number of hydrogen-bond donors (Lipinski definition) is 11. The Hall–Kier alpha value is -3.01. The molecule has 2 aromatic heterocycles. The van der Waals surface area contributed by atoms with Crippen molar-refractivity contribution in [3.05, 3.63) is 12.7 Å². The summed E-state index contributed by atoms with van der Waals surface area (Å²) in [5.41, 5.74) is 4.17. The third kappa shape index (κ3) is 14.1. The van der Waals surface area contributed by atoms with Gasteiger partial charge < -0.3 is 61.1 Å². The molecule has 0 saturated carbocycles. The molecule has 3 heterocycles. The number of carboxylic acid groups (broad SMARTS) is 1. The van der Waals surface area contributed by atoms with Crippen LogP contribution in [0.3, 0.4) is 0 Å². The number of amides is 2. The van der Waals surface area contributed by atoms with Crippen molar-refractivity contribution in [3.63, 3.8) is 0 Å². The number of carbonyl (C=O) groups is 4. The summed E-state index contributed by atoms with van der Waals surface area (Å²) >= 11 is 0.693. The number of nitrogens with zero attached hydrogens (tertiary/aromatic N) is 4. The number of phosphoric acid groups is 3. The second-order valence-corrected chi connectivity index (χ2v) is 17.7. The quantitative estimate of drug-likeness (QED) is 0.0430. The topological polar surface area (TPSA) is 421 Å². The zero-order valence-electron chi connectivity index (χ0n) is 29.2. The van der Waals surface area contributed by atoms with Gasteiger partial charge in [-0.2, -0.15) is 4.31 Å². The molecule has 0 radical (unpaired) electrons. The maximum Gasteiger partial charge on any atom is 0.481 e. The molecule has 1 fully saturated rings. The Morgan fingerprint density at radius 3 is 2.34 bits per heavy atom. The molecule has 2 amide bonds. The summed E-state index contributed by atoms with van der Waals surface area (Å²) in [5, 5.41) is 43.2. The number of carboxylic acids is 1. The number of thioether (sulfide) groups is 1. The van der Waals surface area contributed by atoms with Gasteiger partial charge in [0.1, 0.15) is 36.3 Å². The number of aliphatic hydroxyl groups is 3. The molecule has 12 N–H and O–H groups in total. The minimum atomic E-state index is -5.60. The van der Waals surface area contributed by atoms with E-state index in [1.807, 2.05) is 0 Å². The van der Waals surface area contributed by atoms with Gasteiger partial charge in [0, 0.05) is 30.7 Å². The van der Waals surface area contributed by atoms with Crippen molar-refractivity contribution in [3.8, 4) is 0 Å². The lowest BCUT2D eigenvalue weighted by Gasteiger charge is -2.30. The minimum absolute atomic E-state index is 0.00567. The smallest absolute Gasteiger partial charge is 0.479 e. The van der Waals surface area contributed by atoms with Crippen molar-refractivity contribution < 1.29 is 95.5 Å².